The van der Waals surface area contributed by atoms with Crippen LogP contribution in [0.1, 0.15) is 357 Å². The molecule has 0 amide bonds. The van der Waals surface area contributed by atoms with E-state index in [1.807, 2.05) is 0 Å². The monoisotopic (exact) mass is 1320 g/mol. The number of carbonyl (C=O) groups excluding carboxylic acids is 4. The minimum Gasteiger partial charge on any atom is -0.462 e. The zero-order valence-electron chi connectivity index (χ0n) is 58.6. The third-order valence-corrected chi connectivity index (χ3v) is 18.3. The standard InChI is InChI=1S/C71H138O17P2/c1-8-9-10-11-12-22-31-38-45-52-68(73)81-59-67(88-71(76)55-48-41-34-27-30-37-44-51-64(6)7)61-86-90(79,80)84-57-65(72)56-83-89(77,78)85-60-66(58-82-69(74)53-46-39-32-25-21-17-19-24-29-36-43-50-63(4)5)87-70(75)54-47-40-33-26-20-16-14-13-15-18-23-28-35-42-49-62(2)3/h62-67,72H,8-61H2,1-7H3,(H,77,78)(H,79,80)/t65-,66-,67-/m1/s1. The van der Waals surface area contributed by atoms with Gasteiger partial charge in [-0.1, -0.05) is 305 Å². The van der Waals surface area contributed by atoms with Gasteiger partial charge in [0.2, 0.25) is 0 Å². The molecule has 534 valence electrons. The maximum Gasteiger partial charge on any atom is 0.472 e. The summed E-state index contributed by atoms with van der Waals surface area (Å²) in [5, 5.41) is 10.6. The molecule has 0 bridgehead atoms. The fourth-order valence-electron chi connectivity index (χ4n) is 10.7. The molecule has 3 N–H and O–H groups in total. The number of phosphoric acid groups is 2. The average molecular weight is 1330 g/mol. The van der Waals surface area contributed by atoms with Gasteiger partial charge in [0.1, 0.15) is 19.3 Å². The van der Waals surface area contributed by atoms with Crippen LogP contribution in [0.5, 0.6) is 0 Å². The third kappa shape index (κ3) is 64.8. The molecule has 19 heteroatoms. The van der Waals surface area contributed by atoms with E-state index in [1.165, 1.54) is 167 Å². The van der Waals surface area contributed by atoms with Gasteiger partial charge < -0.3 is 33.8 Å². The van der Waals surface area contributed by atoms with Gasteiger partial charge in [-0.3, -0.25) is 37.3 Å². The van der Waals surface area contributed by atoms with Crippen LogP contribution in [0.15, 0.2) is 0 Å². The molecular weight excluding hydrogens is 1190 g/mol. The molecule has 0 aliphatic rings. The smallest absolute Gasteiger partial charge is 0.462 e. The normalized spacial score (nSPS) is 14.2. The van der Waals surface area contributed by atoms with Crippen molar-refractivity contribution in [2.45, 2.75) is 375 Å². The van der Waals surface area contributed by atoms with Crippen molar-refractivity contribution in [1.29, 1.82) is 0 Å². The van der Waals surface area contributed by atoms with Crippen LogP contribution in [-0.4, -0.2) is 96.7 Å². The molecule has 2 unspecified atom stereocenters. The van der Waals surface area contributed by atoms with Crippen LogP contribution in [-0.2, 0) is 65.4 Å². The molecule has 0 aliphatic carbocycles. The van der Waals surface area contributed by atoms with Gasteiger partial charge in [0.05, 0.1) is 26.4 Å². The van der Waals surface area contributed by atoms with Gasteiger partial charge in [-0.2, -0.15) is 0 Å². The van der Waals surface area contributed by atoms with E-state index < -0.39 is 97.5 Å². The van der Waals surface area contributed by atoms with Crippen LogP contribution >= 0.6 is 15.6 Å². The number of rotatable bonds is 69. The highest BCUT2D eigenvalue weighted by Gasteiger charge is 2.30. The van der Waals surface area contributed by atoms with Gasteiger partial charge in [-0.15, -0.1) is 0 Å². The second kappa shape index (κ2) is 61.9. The number of aliphatic hydroxyl groups is 1. The molecule has 0 saturated heterocycles. The molecule has 0 fully saturated rings. The first-order chi connectivity index (χ1) is 43.2. The SMILES string of the molecule is CCCCCCCCCCCC(=O)OC[C@H](COP(=O)(O)OC[C@H](O)COP(=O)(O)OC[C@@H](COC(=O)CCCCCCCCCCCCCC(C)C)OC(=O)CCCCCCCCCCCCCCCCC(C)C)OC(=O)CCCCCCCCCC(C)C. The summed E-state index contributed by atoms with van der Waals surface area (Å²) in [6, 6.07) is 0. The number of carbonyl (C=O) groups is 4. The lowest BCUT2D eigenvalue weighted by Gasteiger charge is -2.21. The van der Waals surface area contributed by atoms with Crippen LogP contribution in [0.25, 0.3) is 0 Å². The van der Waals surface area contributed by atoms with Crippen LogP contribution in [0.4, 0.5) is 0 Å². The number of phosphoric ester groups is 2. The van der Waals surface area contributed by atoms with Gasteiger partial charge in [0.15, 0.2) is 12.2 Å². The van der Waals surface area contributed by atoms with Crippen LogP contribution in [0, 0.1) is 17.8 Å². The number of hydrogen-bond acceptors (Lipinski definition) is 15. The van der Waals surface area contributed by atoms with Crippen molar-refractivity contribution >= 4 is 39.5 Å². The first kappa shape index (κ1) is 88.1. The Labute approximate surface area is 549 Å². The molecule has 0 aromatic heterocycles. The lowest BCUT2D eigenvalue weighted by atomic mass is 10.0. The van der Waals surface area contributed by atoms with E-state index in [0.717, 1.165) is 102 Å². The van der Waals surface area contributed by atoms with Gasteiger partial charge in [-0.25, -0.2) is 9.13 Å². The third-order valence-electron chi connectivity index (χ3n) is 16.4. The maximum atomic E-state index is 13.0. The van der Waals surface area contributed by atoms with Crippen molar-refractivity contribution in [1.82, 2.24) is 0 Å². The summed E-state index contributed by atoms with van der Waals surface area (Å²) >= 11 is 0. The first-order valence-corrected chi connectivity index (χ1v) is 39.8. The van der Waals surface area contributed by atoms with Gasteiger partial charge in [0, 0.05) is 25.7 Å². The van der Waals surface area contributed by atoms with E-state index in [-0.39, 0.29) is 25.7 Å². The van der Waals surface area contributed by atoms with Crippen LogP contribution < -0.4 is 0 Å². The Hall–Kier alpha value is -1.94. The zero-order valence-corrected chi connectivity index (χ0v) is 60.4. The van der Waals surface area contributed by atoms with Crippen molar-refractivity contribution in [2.24, 2.45) is 17.8 Å². The van der Waals surface area contributed by atoms with Crippen molar-refractivity contribution in [3.8, 4) is 0 Å². The van der Waals surface area contributed by atoms with E-state index in [4.69, 9.17) is 37.0 Å². The number of aliphatic hydroxyl groups excluding tert-OH is 1. The van der Waals surface area contributed by atoms with Gasteiger partial charge in [-0.05, 0) is 43.4 Å². The van der Waals surface area contributed by atoms with Crippen molar-refractivity contribution in [3.05, 3.63) is 0 Å². The quantitative estimate of drug-likeness (QED) is 0.0222. The lowest BCUT2D eigenvalue weighted by molar-refractivity contribution is -0.161. The fraction of sp³-hybridized carbons (Fsp3) is 0.944. The molecule has 5 atom stereocenters. The van der Waals surface area contributed by atoms with Gasteiger partial charge in [0.25, 0.3) is 0 Å². The molecule has 0 radical (unpaired) electrons. The predicted molar refractivity (Wildman–Crippen MR) is 363 cm³/mol. The highest BCUT2D eigenvalue weighted by Crippen LogP contribution is 2.45. The zero-order chi connectivity index (χ0) is 66.6. The number of ether oxygens (including phenoxy) is 4. The van der Waals surface area contributed by atoms with E-state index in [2.05, 4.69) is 48.5 Å². The molecule has 90 heavy (non-hydrogen) atoms. The molecular formula is C71H138O17P2. The number of esters is 4. The minimum absolute atomic E-state index is 0.103. The van der Waals surface area contributed by atoms with Crippen molar-refractivity contribution in [2.75, 3.05) is 39.6 Å². The van der Waals surface area contributed by atoms with Crippen molar-refractivity contribution in [3.63, 3.8) is 0 Å². The summed E-state index contributed by atoms with van der Waals surface area (Å²) in [5.41, 5.74) is 0. The Morgan fingerprint density at radius 3 is 0.756 bits per heavy atom. The summed E-state index contributed by atoms with van der Waals surface area (Å²) in [4.78, 5) is 72.5. The number of unbranched alkanes of at least 4 members (excludes halogenated alkanes) is 37. The summed E-state index contributed by atoms with van der Waals surface area (Å²) in [7, 11) is -9.90. The second-order valence-corrected chi connectivity index (χ2v) is 30.0. The molecule has 0 saturated carbocycles. The molecule has 0 heterocycles. The molecule has 0 rings (SSSR count). The predicted octanol–water partition coefficient (Wildman–Crippen LogP) is 20.2. The first-order valence-electron chi connectivity index (χ1n) is 36.8. The molecule has 0 aromatic rings. The number of hydrogen-bond donors (Lipinski definition) is 3. The van der Waals surface area contributed by atoms with E-state index in [1.54, 1.807) is 0 Å². The summed E-state index contributed by atoms with van der Waals surface area (Å²) < 4.78 is 68.3. The fourth-order valence-corrected chi connectivity index (χ4v) is 12.3. The molecule has 17 nitrogen and oxygen atoms in total. The van der Waals surface area contributed by atoms with E-state index >= 15 is 0 Å². The van der Waals surface area contributed by atoms with Crippen LogP contribution in [0.3, 0.4) is 0 Å². The lowest BCUT2D eigenvalue weighted by Crippen LogP contribution is -2.30. The topological polar surface area (TPSA) is 237 Å². The Morgan fingerprint density at radius 1 is 0.300 bits per heavy atom. The second-order valence-electron chi connectivity index (χ2n) is 27.1. The van der Waals surface area contributed by atoms with Gasteiger partial charge >= 0.3 is 39.5 Å². The summed E-state index contributed by atoms with van der Waals surface area (Å²) in [6.07, 6.45) is 45.9. The molecule has 0 aromatic carbocycles. The Bertz CT molecular complexity index is 1770. The average Bonchev–Trinajstić information content (AvgIpc) is 3.71. The highest BCUT2D eigenvalue weighted by atomic mass is 31.2. The largest absolute Gasteiger partial charge is 0.472 e. The summed E-state index contributed by atoms with van der Waals surface area (Å²) in [6.45, 7) is 11.8. The summed E-state index contributed by atoms with van der Waals surface area (Å²) in [5.74, 6) is 0.134. The van der Waals surface area contributed by atoms with E-state index in [9.17, 15) is 43.2 Å². The highest BCUT2D eigenvalue weighted by molar-refractivity contribution is 7.47. The minimum atomic E-state index is -4.95. The Kier molecular flexibility index (Phi) is 60.6. The van der Waals surface area contributed by atoms with Crippen LogP contribution in [0.2, 0.25) is 0 Å². The maximum absolute atomic E-state index is 13.0. The van der Waals surface area contributed by atoms with Crippen molar-refractivity contribution < 1.29 is 80.2 Å². The molecule has 0 spiro atoms. The Morgan fingerprint density at radius 2 is 0.511 bits per heavy atom. The molecule has 0 aliphatic heterocycles. The Balaban J connectivity index is 5.23. The van der Waals surface area contributed by atoms with E-state index in [0.29, 0.717) is 31.6 Å².